The Kier molecular flexibility index (Phi) is 5.40. The number of imidazole rings is 1. The van der Waals surface area contributed by atoms with Crippen molar-refractivity contribution in [1.82, 2.24) is 24.8 Å². The van der Waals surface area contributed by atoms with Crippen LogP contribution in [0.5, 0.6) is 0 Å². The summed E-state index contributed by atoms with van der Waals surface area (Å²) >= 11 is 0. The Bertz CT molecular complexity index is 1340. The summed E-state index contributed by atoms with van der Waals surface area (Å²) in [5, 5.41) is 8.02. The van der Waals surface area contributed by atoms with E-state index in [0.717, 1.165) is 54.3 Å². The molecule has 5 rings (SSSR count). The molecule has 0 aliphatic carbocycles. The van der Waals surface area contributed by atoms with Gasteiger partial charge in [0.05, 0.1) is 11.9 Å². The van der Waals surface area contributed by atoms with Crippen molar-refractivity contribution in [2.75, 3.05) is 26.2 Å². The van der Waals surface area contributed by atoms with E-state index in [1.165, 1.54) is 5.56 Å². The van der Waals surface area contributed by atoms with Crippen LogP contribution in [0, 0.1) is 18.8 Å². The maximum atomic E-state index is 12.7. The van der Waals surface area contributed by atoms with Crippen molar-refractivity contribution in [3.63, 3.8) is 0 Å². The zero-order valence-corrected chi connectivity index (χ0v) is 17.9. The summed E-state index contributed by atoms with van der Waals surface area (Å²) in [4.78, 5) is 19.0. The second-order valence-electron chi connectivity index (χ2n) is 7.87. The average molecular weight is 422 g/mol. The Labute approximate surface area is 186 Å². The molecule has 0 unspecified atom stereocenters. The number of piperazine rings is 1. The quantitative estimate of drug-likeness (QED) is 0.505. The minimum Gasteiger partial charge on any atom is -0.336 e. The fourth-order valence-electron chi connectivity index (χ4n) is 3.81. The van der Waals surface area contributed by atoms with Gasteiger partial charge in [0.1, 0.15) is 5.69 Å². The Hall–Kier alpha value is -3.95. The first kappa shape index (κ1) is 20.0. The largest absolute Gasteiger partial charge is 0.336 e. The molecule has 0 radical (unpaired) electrons. The number of nitrogens with zero attached hydrogens (tertiary/aromatic N) is 4. The van der Waals surface area contributed by atoms with Gasteiger partial charge in [-0.2, -0.15) is 5.10 Å². The number of aromatic nitrogens is 3. The zero-order valence-electron chi connectivity index (χ0n) is 17.9. The van der Waals surface area contributed by atoms with E-state index in [9.17, 15) is 4.79 Å². The maximum Gasteiger partial charge on any atom is 0.253 e. The Morgan fingerprint density at radius 3 is 2.59 bits per heavy atom. The summed E-state index contributed by atoms with van der Waals surface area (Å²) in [7, 11) is 0. The number of hydrogen-bond donors (Lipinski definition) is 1. The van der Waals surface area contributed by atoms with Crippen LogP contribution in [-0.2, 0) is 0 Å². The lowest BCUT2D eigenvalue weighted by Gasteiger charge is -2.27. The van der Waals surface area contributed by atoms with Crippen molar-refractivity contribution in [3.05, 3.63) is 89.2 Å². The van der Waals surface area contributed by atoms with E-state index in [4.69, 9.17) is 5.10 Å². The fraction of sp³-hybridized carbons (Fsp3) is 0.192. The molecule has 0 saturated carbocycles. The average Bonchev–Trinajstić information content (AvgIpc) is 3.25. The number of nitrogens with one attached hydrogen (secondary N) is 1. The molecule has 32 heavy (non-hydrogen) atoms. The van der Waals surface area contributed by atoms with Gasteiger partial charge in [-0.15, -0.1) is 0 Å². The van der Waals surface area contributed by atoms with Crippen molar-refractivity contribution < 1.29 is 4.79 Å². The van der Waals surface area contributed by atoms with Gasteiger partial charge in [-0.05, 0) is 54.8 Å². The number of benzene rings is 2. The van der Waals surface area contributed by atoms with E-state index < -0.39 is 0 Å². The highest BCUT2D eigenvalue weighted by atomic mass is 16.2. The molecule has 6 heteroatoms. The molecule has 1 aliphatic heterocycles. The second-order valence-corrected chi connectivity index (χ2v) is 7.87. The van der Waals surface area contributed by atoms with Gasteiger partial charge in [0.25, 0.3) is 5.91 Å². The van der Waals surface area contributed by atoms with Crippen molar-refractivity contribution in [1.29, 1.82) is 0 Å². The second kappa shape index (κ2) is 8.66. The van der Waals surface area contributed by atoms with Crippen LogP contribution < -0.4 is 5.32 Å². The van der Waals surface area contributed by atoms with Crippen LogP contribution in [0.4, 0.5) is 0 Å². The van der Waals surface area contributed by atoms with Gasteiger partial charge in [-0.3, -0.25) is 4.79 Å². The molecule has 3 heterocycles. The molecule has 1 amide bonds. The third-order valence-corrected chi connectivity index (χ3v) is 5.55. The highest BCUT2D eigenvalue weighted by Crippen LogP contribution is 2.19. The molecule has 1 saturated heterocycles. The van der Waals surface area contributed by atoms with E-state index in [0.29, 0.717) is 5.56 Å². The lowest BCUT2D eigenvalue weighted by molar-refractivity contribution is 0.0736. The maximum absolute atomic E-state index is 12.7. The number of carbonyl (C=O) groups is 1. The number of hydrogen-bond acceptors (Lipinski definition) is 4. The normalized spacial score (nSPS) is 13.6. The third kappa shape index (κ3) is 4.11. The lowest BCUT2D eigenvalue weighted by Crippen LogP contribution is -2.46. The van der Waals surface area contributed by atoms with Gasteiger partial charge in [0, 0.05) is 42.9 Å². The lowest BCUT2D eigenvalue weighted by atomic mass is 10.1. The van der Waals surface area contributed by atoms with E-state index in [-0.39, 0.29) is 5.91 Å². The standard InChI is InChI=1S/C26H23N5O/c1-19-3-2-4-20(17-19)5-10-23-18-28-25-12-11-24(29-31(23)25)21-6-8-22(9-7-21)26(32)30-15-13-27-14-16-30/h2-4,6-9,11-12,17-18,27H,13-16H2,1H3. The van der Waals surface area contributed by atoms with Gasteiger partial charge < -0.3 is 10.2 Å². The summed E-state index contributed by atoms with van der Waals surface area (Å²) in [6.07, 6.45) is 1.74. The number of rotatable bonds is 2. The number of amides is 1. The summed E-state index contributed by atoms with van der Waals surface area (Å²) in [6, 6.07) is 19.6. The first-order valence-electron chi connectivity index (χ1n) is 10.7. The molecule has 0 spiro atoms. The zero-order chi connectivity index (χ0) is 21.9. The van der Waals surface area contributed by atoms with Crippen LogP contribution in [0.2, 0.25) is 0 Å². The Balaban J connectivity index is 1.41. The van der Waals surface area contributed by atoms with Crippen molar-refractivity contribution in [2.24, 2.45) is 0 Å². The van der Waals surface area contributed by atoms with Crippen molar-refractivity contribution >= 4 is 11.6 Å². The third-order valence-electron chi connectivity index (χ3n) is 5.55. The Morgan fingerprint density at radius 2 is 1.81 bits per heavy atom. The summed E-state index contributed by atoms with van der Waals surface area (Å²) < 4.78 is 1.76. The molecule has 0 bridgehead atoms. The van der Waals surface area contributed by atoms with Crippen molar-refractivity contribution in [3.8, 4) is 23.1 Å². The molecule has 4 aromatic rings. The van der Waals surface area contributed by atoms with Gasteiger partial charge in [-0.1, -0.05) is 30.2 Å². The monoisotopic (exact) mass is 421 g/mol. The predicted molar refractivity (Wildman–Crippen MR) is 124 cm³/mol. The molecule has 0 atom stereocenters. The first-order chi connectivity index (χ1) is 15.7. The van der Waals surface area contributed by atoms with Gasteiger partial charge in [-0.25, -0.2) is 9.50 Å². The topological polar surface area (TPSA) is 62.5 Å². The van der Waals surface area contributed by atoms with E-state index in [2.05, 4.69) is 41.2 Å². The summed E-state index contributed by atoms with van der Waals surface area (Å²) in [5.74, 6) is 6.45. The fourth-order valence-corrected chi connectivity index (χ4v) is 3.81. The van der Waals surface area contributed by atoms with Crippen LogP contribution in [0.3, 0.4) is 0 Å². The molecule has 6 nitrogen and oxygen atoms in total. The SMILES string of the molecule is Cc1cccc(C#Cc2cnc3ccc(-c4ccc(C(=O)N5CCNCC5)cc4)nn23)c1. The smallest absolute Gasteiger partial charge is 0.253 e. The minimum atomic E-state index is 0.0739. The molecular weight excluding hydrogens is 398 g/mol. The number of carbonyl (C=O) groups excluding carboxylic acids is 1. The number of aryl methyl sites for hydroxylation is 1. The van der Waals surface area contributed by atoms with E-state index in [1.807, 2.05) is 53.4 Å². The van der Waals surface area contributed by atoms with Gasteiger partial charge in [0.2, 0.25) is 0 Å². The van der Waals surface area contributed by atoms with Crippen LogP contribution in [-0.4, -0.2) is 51.6 Å². The van der Waals surface area contributed by atoms with Crippen molar-refractivity contribution in [2.45, 2.75) is 6.92 Å². The molecule has 2 aromatic carbocycles. The molecule has 1 aliphatic rings. The first-order valence-corrected chi connectivity index (χ1v) is 10.7. The van der Waals surface area contributed by atoms with Gasteiger partial charge >= 0.3 is 0 Å². The highest BCUT2D eigenvalue weighted by molar-refractivity contribution is 5.94. The molecule has 2 aromatic heterocycles. The molecule has 158 valence electrons. The molecular formula is C26H23N5O. The van der Waals surface area contributed by atoms with Gasteiger partial charge in [0.15, 0.2) is 5.65 Å². The number of fused-ring (bicyclic) bond motifs is 1. The molecule has 1 N–H and O–H groups in total. The Morgan fingerprint density at radius 1 is 1.00 bits per heavy atom. The highest BCUT2D eigenvalue weighted by Gasteiger charge is 2.17. The molecule has 1 fully saturated rings. The van der Waals surface area contributed by atoms with Crippen LogP contribution in [0.1, 0.15) is 27.2 Å². The summed E-state index contributed by atoms with van der Waals surface area (Å²) in [5.41, 5.74) is 6.05. The van der Waals surface area contributed by atoms with E-state index in [1.54, 1.807) is 10.7 Å². The van der Waals surface area contributed by atoms with Crippen LogP contribution in [0.15, 0.2) is 66.9 Å². The van der Waals surface area contributed by atoms with Crippen LogP contribution in [0.25, 0.3) is 16.9 Å². The van der Waals surface area contributed by atoms with E-state index >= 15 is 0 Å². The minimum absolute atomic E-state index is 0.0739. The summed E-state index contributed by atoms with van der Waals surface area (Å²) in [6.45, 7) is 5.22. The van der Waals surface area contributed by atoms with Crippen LogP contribution >= 0.6 is 0 Å². The predicted octanol–water partition coefficient (Wildman–Crippen LogP) is 3.15.